The molecule has 0 amide bonds. The molecule has 0 aliphatic carbocycles. The number of hydrogen-bond donors (Lipinski definition) is 0. The zero-order chi connectivity index (χ0) is 14.1. The zero-order valence-corrected chi connectivity index (χ0v) is 12.2. The van der Waals surface area contributed by atoms with Crippen molar-refractivity contribution >= 4 is 27.2 Å². The average molecular weight is 285 g/mol. The number of ketones is 1. The van der Waals surface area contributed by atoms with E-state index in [9.17, 15) is 4.79 Å². The first-order valence-electron chi connectivity index (χ1n) is 6.54. The predicted octanol–water partition coefficient (Wildman–Crippen LogP) is 3.50. The summed E-state index contributed by atoms with van der Waals surface area (Å²) >= 11 is 1.60. The average Bonchev–Trinajstić information content (AvgIpc) is 3.04. The van der Waals surface area contributed by atoms with E-state index in [2.05, 4.69) is 10.1 Å². The Kier molecular flexibility index (Phi) is 3.36. The van der Waals surface area contributed by atoms with Crippen molar-refractivity contribution in [2.75, 3.05) is 0 Å². The van der Waals surface area contributed by atoms with E-state index in [1.165, 1.54) is 6.33 Å². The molecule has 20 heavy (non-hydrogen) atoms. The van der Waals surface area contributed by atoms with Crippen LogP contribution in [0.3, 0.4) is 0 Å². The van der Waals surface area contributed by atoms with Crippen molar-refractivity contribution in [1.82, 2.24) is 14.8 Å². The number of hydrogen-bond acceptors (Lipinski definition) is 4. The lowest BCUT2D eigenvalue weighted by Crippen LogP contribution is -2.13. The van der Waals surface area contributed by atoms with Crippen molar-refractivity contribution in [3.8, 4) is 0 Å². The van der Waals surface area contributed by atoms with Gasteiger partial charge in [0.25, 0.3) is 0 Å². The molecule has 0 saturated heterocycles. The minimum Gasteiger partial charge on any atom is -0.294 e. The van der Waals surface area contributed by atoms with Crippen LogP contribution in [0.2, 0.25) is 0 Å². The largest absolute Gasteiger partial charge is 0.294 e. The van der Waals surface area contributed by atoms with Crippen LogP contribution in [0.5, 0.6) is 0 Å². The first kappa shape index (κ1) is 13.0. The Hall–Kier alpha value is -2.01. The van der Waals surface area contributed by atoms with Gasteiger partial charge in [-0.05, 0) is 19.9 Å². The van der Waals surface area contributed by atoms with Crippen molar-refractivity contribution in [3.05, 3.63) is 47.4 Å². The van der Waals surface area contributed by atoms with Crippen LogP contribution in [0.4, 0.5) is 0 Å². The molecule has 1 aromatic carbocycles. The van der Waals surface area contributed by atoms with E-state index < -0.39 is 0 Å². The molecule has 2 heterocycles. The highest BCUT2D eigenvalue weighted by atomic mass is 32.1. The van der Waals surface area contributed by atoms with Gasteiger partial charge in [-0.3, -0.25) is 4.79 Å². The SMILES string of the molecule is CC(C)n1ncnc1CC(=O)c1csc2ccccc12. The van der Waals surface area contributed by atoms with E-state index in [-0.39, 0.29) is 11.8 Å². The van der Waals surface area contributed by atoms with Crippen molar-refractivity contribution < 1.29 is 4.79 Å². The Morgan fingerprint density at radius 2 is 2.15 bits per heavy atom. The molecule has 102 valence electrons. The lowest BCUT2D eigenvalue weighted by Gasteiger charge is -2.08. The summed E-state index contributed by atoms with van der Waals surface area (Å²) in [5.41, 5.74) is 0.781. The van der Waals surface area contributed by atoms with Gasteiger partial charge in [0.05, 0.1) is 6.42 Å². The smallest absolute Gasteiger partial charge is 0.171 e. The van der Waals surface area contributed by atoms with Crippen LogP contribution in [0.25, 0.3) is 10.1 Å². The second kappa shape index (κ2) is 5.17. The maximum Gasteiger partial charge on any atom is 0.171 e. The van der Waals surface area contributed by atoms with Crippen LogP contribution in [-0.4, -0.2) is 20.5 Å². The molecule has 0 radical (unpaired) electrons. The topological polar surface area (TPSA) is 47.8 Å². The highest BCUT2D eigenvalue weighted by Gasteiger charge is 2.16. The van der Waals surface area contributed by atoms with E-state index in [0.717, 1.165) is 21.5 Å². The molecular weight excluding hydrogens is 270 g/mol. The number of nitrogens with zero attached hydrogens (tertiary/aromatic N) is 3. The minimum absolute atomic E-state index is 0.0948. The molecule has 0 atom stereocenters. The Morgan fingerprint density at radius 3 is 2.95 bits per heavy atom. The molecule has 4 nitrogen and oxygen atoms in total. The highest BCUT2D eigenvalue weighted by Crippen LogP contribution is 2.26. The fraction of sp³-hybridized carbons (Fsp3) is 0.267. The molecule has 5 heteroatoms. The maximum atomic E-state index is 12.5. The molecule has 0 saturated carbocycles. The number of fused-ring (bicyclic) bond motifs is 1. The Labute approximate surface area is 121 Å². The number of carbonyl (C=O) groups excluding carboxylic acids is 1. The van der Waals surface area contributed by atoms with Gasteiger partial charge in [-0.1, -0.05) is 18.2 Å². The Bertz CT molecular complexity index is 757. The molecular formula is C15H15N3OS. The summed E-state index contributed by atoms with van der Waals surface area (Å²) in [6, 6.07) is 8.18. The molecule has 0 N–H and O–H groups in total. The molecule has 0 aliphatic rings. The van der Waals surface area contributed by atoms with Crippen LogP contribution in [0.15, 0.2) is 36.0 Å². The van der Waals surface area contributed by atoms with Crippen molar-refractivity contribution in [2.24, 2.45) is 0 Å². The summed E-state index contributed by atoms with van der Waals surface area (Å²) in [7, 11) is 0. The standard InChI is InChI=1S/C15H15N3OS/c1-10(2)18-15(16-9-17-18)7-13(19)12-8-20-14-6-4-3-5-11(12)14/h3-6,8-10H,7H2,1-2H3. The van der Waals surface area contributed by atoms with E-state index >= 15 is 0 Å². The number of rotatable bonds is 4. The Morgan fingerprint density at radius 1 is 1.35 bits per heavy atom. The van der Waals surface area contributed by atoms with E-state index in [1.807, 2.05) is 43.5 Å². The summed E-state index contributed by atoms with van der Waals surface area (Å²) in [4.78, 5) is 16.7. The first-order valence-corrected chi connectivity index (χ1v) is 7.42. The molecule has 0 bridgehead atoms. The number of Topliss-reactive ketones (excluding diaryl/α,β-unsaturated/α-hetero) is 1. The van der Waals surface area contributed by atoms with Gasteiger partial charge in [0.1, 0.15) is 12.2 Å². The van der Waals surface area contributed by atoms with Gasteiger partial charge in [-0.2, -0.15) is 5.10 Å². The first-order chi connectivity index (χ1) is 9.66. The number of carbonyl (C=O) groups is 1. The minimum atomic E-state index is 0.0948. The second-order valence-electron chi connectivity index (χ2n) is 4.96. The predicted molar refractivity (Wildman–Crippen MR) is 80.3 cm³/mol. The molecule has 0 aliphatic heterocycles. The maximum absolute atomic E-state index is 12.5. The fourth-order valence-corrected chi connectivity index (χ4v) is 3.23. The van der Waals surface area contributed by atoms with Gasteiger partial charge < -0.3 is 0 Å². The van der Waals surface area contributed by atoms with Crippen molar-refractivity contribution in [3.63, 3.8) is 0 Å². The van der Waals surface area contributed by atoms with E-state index in [0.29, 0.717) is 6.42 Å². The third-order valence-corrected chi connectivity index (χ3v) is 4.20. The molecule has 2 aromatic heterocycles. The van der Waals surface area contributed by atoms with Crippen LogP contribution in [-0.2, 0) is 6.42 Å². The number of thiophene rings is 1. The lowest BCUT2D eigenvalue weighted by atomic mass is 10.1. The second-order valence-corrected chi connectivity index (χ2v) is 5.87. The highest BCUT2D eigenvalue weighted by molar-refractivity contribution is 7.17. The summed E-state index contributed by atoms with van der Waals surface area (Å²) in [6.45, 7) is 4.06. The van der Waals surface area contributed by atoms with Crippen LogP contribution >= 0.6 is 11.3 Å². The molecule has 3 aromatic rings. The van der Waals surface area contributed by atoms with Crippen molar-refractivity contribution in [1.29, 1.82) is 0 Å². The summed E-state index contributed by atoms with van der Waals surface area (Å²) < 4.78 is 2.94. The quantitative estimate of drug-likeness (QED) is 0.689. The normalized spacial score (nSPS) is 11.3. The van der Waals surface area contributed by atoms with E-state index in [1.54, 1.807) is 16.0 Å². The summed E-state index contributed by atoms with van der Waals surface area (Å²) in [6.07, 6.45) is 1.80. The number of benzene rings is 1. The van der Waals surface area contributed by atoms with Crippen LogP contribution < -0.4 is 0 Å². The van der Waals surface area contributed by atoms with Gasteiger partial charge in [-0.15, -0.1) is 11.3 Å². The van der Waals surface area contributed by atoms with E-state index in [4.69, 9.17) is 0 Å². The third kappa shape index (κ3) is 2.25. The van der Waals surface area contributed by atoms with Gasteiger partial charge in [0.15, 0.2) is 5.78 Å². The van der Waals surface area contributed by atoms with Gasteiger partial charge >= 0.3 is 0 Å². The fourth-order valence-electron chi connectivity index (χ4n) is 2.26. The molecule has 0 fully saturated rings. The van der Waals surface area contributed by atoms with Crippen LogP contribution in [0, 0.1) is 0 Å². The molecule has 3 rings (SSSR count). The summed E-state index contributed by atoms with van der Waals surface area (Å²) in [5.74, 6) is 0.817. The Balaban J connectivity index is 1.91. The van der Waals surface area contributed by atoms with Gasteiger partial charge in [0, 0.05) is 27.1 Å². The monoisotopic (exact) mass is 285 g/mol. The van der Waals surface area contributed by atoms with Gasteiger partial charge in [-0.25, -0.2) is 9.67 Å². The number of aromatic nitrogens is 3. The lowest BCUT2D eigenvalue weighted by molar-refractivity contribution is 0.0991. The molecule has 0 unspecified atom stereocenters. The summed E-state index contributed by atoms with van der Waals surface area (Å²) in [5, 5.41) is 7.13. The van der Waals surface area contributed by atoms with Crippen LogP contribution in [0.1, 0.15) is 36.1 Å². The van der Waals surface area contributed by atoms with Gasteiger partial charge in [0.2, 0.25) is 0 Å². The van der Waals surface area contributed by atoms with Crippen molar-refractivity contribution in [2.45, 2.75) is 26.3 Å². The third-order valence-electron chi connectivity index (χ3n) is 3.24. The molecule has 0 spiro atoms. The zero-order valence-electron chi connectivity index (χ0n) is 11.4.